The van der Waals surface area contributed by atoms with E-state index in [1.165, 1.54) is 38.6 Å². The highest BCUT2D eigenvalue weighted by Gasteiger charge is 2.21. The minimum atomic E-state index is 0.775. The molecular weight excluding hydrogens is 172 g/mol. The van der Waals surface area contributed by atoms with Gasteiger partial charge in [0.15, 0.2) is 0 Å². The van der Waals surface area contributed by atoms with Crippen molar-refractivity contribution in [2.45, 2.75) is 45.1 Å². The van der Waals surface area contributed by atoms with Gasteiger partial charge in [0.05, 0.1) is 0 Å². The minimum Gasteiger partial charge on any atom is -0.320 e. The van der Waals surface area contributed by atoms with E-state index >= 15 is 0 Å². The van der Waals surface area contributed by atoms with Crippen molar-refractivity contribution in [3.05, 3.63) is 0 Å². The Bertz CT molecular complexity index is 143. The van der Waals surface area contributed by atoms with Gasteiger partial charge in [-0.1, -0.05) is 19.3 Å². The van der Waals surface area contributed by atoms with Crippen LogP contribution in [0.25, 0.3) is 0 Å². The molecule has 1 N–H and O–H groups in total. The predicted octanol–water partition coefficient (Wildman–Crippen LogP) is 2.11. The van der Waals surface area contributed by atoms with Crippen molar-refractivity contribution >= 4 is 0 Å². The summed E-state index contributed by atoms with van der Waals surface area (Å²) >= 11 is 0. The van der Waals surface area contributed by atoms with Crippen LogP contribution in [0.1, 0.15) is 39.0 Å². The molecule has 0 bridgehead atoms. The number of nitrogens with zero attached hydrogens (tertiary/aromatic N) is 1. The molecule has 0 aromatic rings. The fourth-order valence-electron chi connectivity index (χ4n) is 2.12. The molecule has 0 aromatic carbocycles. The normalized spacial score (nSPS) is 19.7. The summed E-state index contributed by atoms with van der Waals surface area (Å²) in [6, 6.07) is 0.775. The highest BCUT2D eigenvalue weighted by Crippen LogP contribution is 2.31. The third-order valence-electron chi connectivity index (χ3n) is 3.59. The lowest BCUT2D eigenvalue weighted by molar-refractivity contribution is 0.180. The Morgan fingerprint density at radius 2 is 2.14 bits per heavy atom. The van der Waals surface area contributed by atoms with Crippen LogP contribution in [0.3, 0.4) is 0 Å². The number of hydrogen-bond acceptors (Lipinski definition) is 2. The SMILES string of the molecule is CNCCCN(C)C(C)CC1CCC1. The van der Waals surface area contributed by atoms with Gasteiger partial charge in [-0.2, -0.15) is 0 Å². The molecule has 1 aliphatic rings. The lowest BCUT2D eigenvalue weighted by atomic mass is 9.81. The van der Waals surface area contributed by atoms with Crippen LogP contribution < -0.4 is 5.32 Å². The van der Waals surface area contributed by atoms with E-state index in [4.69, 9.17) is 0 Å². The lowest BCUT2D eigenvalue weighted by Crippen LogP contribution is -2.34. The van der Waals surface area contributed by atoms with E-state index in [1.807, 2.05) is 7.05 Å². The number of hydrogen-bond donors (Lipinski definition) is 1. The topological polar surface area (TPSA) is 15.3 Å². The van der Waals surface area contributed by atoms with E-state index in [2.05, 4.69) is 24.2 Å². The summed E-state index contributed by atoms with van der Waals surface area (Å²) in [5.41, 5.74) is 0. The van der Waals surface area contributed by atoms with Gasteiger partial charge in [-0.25, -0.2) is 0 Å². The fraction of sp³-hybridized carbons (Fsp3) is 1.00. The van der Waals surface area contributed by atoms with Gasteiger partial charge >= 0.3 is 0 Å². The van der Waals surface area contributed by atoms with Crippen molar-refractivity contribution in [1.29, 1.82) is 0 Å². The smallest absolute Gasteiger partial charge is 0.00665 e. The molecule has 0 aromatic heterocycles. The van der Waals surface area contributed by atoms with Crippen LogP contribution in [-0.4, -0.2) is 38.1 Å². The van der Waals surface area contributed by atoms with Crippen molar-refractivity contribution in [2.24, 2.45) is 5.92 Å². The molecule has 0 heterocycles. The molecule has 1 atom stereocenters. The summed E-state index contributed by atoms with van der Waals surface area (Å²) < 4.78 is 0. The Hall–Kier alpha value is -0.0800. The first-order valence-corrected chi connectivity index (χ1v) is 6.09. The largest absolute Gasteiger partial charge is 0.320 e. The van der Waals surface area contributed by atoms with Gasteiger partial charge in [0.2, 0.25) is 0 Å². The van der Waals surface area contributed by atoms with Crippen molar-refractivity contribution in [2.75, 3.05) is 27.2 Å². The molecule has 1 saturated carbocycles. The molecule has 0 aliphatic heterocycles. The highest BCUT2D eigenvalue weighted by molar-refractivity contribution is 4.75. The zero-order chi connectivity index (χ0) is 10.4. The van der Waals surface area contributed by atoms with Gasteiger partial charge in [-0.15, -0.1) is 0 Å². The monoisotopic (exact) mass is 198 g/mol. The quantitative estimate of drug-likeness (QED) is 0.630. The molecule has 0 saturated heterocycles. The second-order valence-corrected chi connectivity index (χ2v) is 4.82. The maximum atomic E-state index is 3.20. The van der Waals surface area contributed by atoms with Crippen molar-refractivity contribution in [1.82, 2.24) is 10.2 Å². The summed E-state index contributed by atoms with van der Waals surface area (Å²) in [6.07, 6.45) is 7.11. The van der Waals surface area contributed by atoms with Gasteiger partial charge in [0.25, 0.3) is 0 Å². The van der Waals surface area contributed by atoms with E-state index in [1.54, 1.807) is 0 Å². The van der Waals surface area contributed by atoms with Gasteiger partial charge in [-0.3, -0.25) is 0 Å². The first-order valence-electron chi connectivity index (χ1n) is 6.09. The number of rotatable bonds is 7. The lowest BCUT2D eigenvalue weighted by Gasteiger charge is -2.32. The van der Waals surface area contributed by atoms with E-state index in [-0.39, 0.29) is 0 Å². The Labute approximate surface area is 89.1 Å². The Morgan fingerprint density at radius 1 is 1.43 bits per heavy atom. The van der Waals surface area contributed by atoms with Gasteiger partial charge in [-0.05, 0) is 52.9 Å². The predicted molar refractivity (Wildman–Crippen MR) is 62.6 cm³/mol. The molecule has 2 heteroatoms. The molecule has 1 unspecified atom stereocenters. The maximum Gasteiger partial charge on any atom is 0.00665 e. The fourth-order valence-corrected chi connectivity index (χ4v) is 2.12. The molecule has 1 fully saturated rings. The van der Waals surface area contributed by atoms with Crippen LogP contribution in [0.4, 0.5) is 0 Å². The summed E-state index contributed by atoms with van der Waals surface area (Å²) in [5.74, 6) is 1.04. The minimum absolute atomic E-state index is 0.775. The van der Waals surface area contributed by atoms with Crippen molar-refractivity contribution in [3.8, 4) is 0 Å². The Balaban J connectivity index is 2.05. The van der Waals surface area contributed by atoms with E-state index in [9.17, 15) is 0 Å². The maximum absolute atomic E-state index is 3.20. The molecule has 14 heavy (non-hydrogen) atoms. The summed E-state index contributed by atoms with van der Waals surface area (Å²) in [7, 11) is 4.29. The third kappa shape index (κ3) is 3.97. The molecule has 1 aliphatic carbocycles. The average molecular weight is 198 g/mol. The van der Waals surface area contributed by atoms with E-state index in [0.717, 1.165) is 18.5 Å². The van der Waals surface area contributed by atoms with Crippen molar-refractivity contribution < 1.29 is 0 Å². The molecule has 1 rings (SSSR count). The highest BCUT2D eigenvalue weighted by atomic mass is 15.1. The van der Waals surface area contributed by atoms with Crippen LogP contribution >= 0.6 is 0 Å². The van der Waals surface area contributed by atoms with Crippen LogP contribution in [0, 0.1) is 5.92 Å². The molecule has 0 spiro atoms. The first kappa shape index (κ1) is 12.0. The van der Waals surface area contributed by atoms with Crippen molar-refractivity contribution in [3.63, 3.8) is 0 Å². The second-order valence-electron chi connectivity index (χ2n) is 4.82. The molecule has 2 nitrogen and oxygen atoms in total. The second kappa shape index (κ2) is 6.41. The first-order chi connectivity index (χ1) is 6.74. The number of nitrogens with one attached hydrogen (secondary N) is 1. The molecule has 0 amide bonds. The van der Waals surface area contributed by atoms with E-state index in [0.29, 0.717) is 0 Å². The average Bonchev–Trinajstić information content (AvgIpc) is 2.11. The van der Waals surface area contributed by atoms with Crippen LogP contribution in [0.5, 0.6) is 0 Å². The standard InChI is InChI=1S/C12H26N2/c1-11(10-12-6-4-7-12)14(3)9-5-8-13-2/h11-13H,4-10H2,1-3H3. The molecule has 84 valence electrons. The summed E-state index contributed by atoms with van der Waals surface area (Å²) in [6.45, 7) is 4.74. The molecular formula is C12H26N2. The van der Waals surface area contributed by atoms with E-state index < -0.39 is 0 Å². The summed E-state index contributed by atoms with van der Waals surface area (Å²) in [5, 5.41) is 3.20. The Kier molecular flexibility index (Phi) is 5.49. The Morgan fingerprint density at radius 3 is 2.64 bits per heavy atom. The molecule has 0 radical (unpaired) electrons. The zero-order valence-electron chi connectivity index (χ0n) is 10.1. The van der Waals surface area contributed by atoms with Crippen LogP contribution in [0.15, 0.2) is 0 Å². The van der Waals surface area contributed by atoms with Crippen LogP contribution in [-0.2, 0) is 0 Å². The van der Waals surface area contributed by atoms with Crippen LogP contribution in [0.2, 0.25) is 0 Å². The summed E-state index contributed by atoms with van der Waals surface area (Å²) in [4.78, 5) is 2.51. The van der Waals surface area contributed by atoms with Gasteiger partial charge < -0.3 is 10.2 Å². The van der Waals surface area contributed by atoms with Gasteiger partial charge in [0.1, 0.15) is 0 Å². The third-order valence-corrected chi connectivity index (χ3v) is 3.59. The van der Waals surface area contributed by atoms with Gasteiger partial charge in [0, 0.05) is 6.04 Å². The zero-order valence-corrected chi connectivity index (χ0v) is 10.1.